The van der Waals surface area contributed by atoms with Crippen LogP contribution in [0.4, 0.5) is 5.69 Å². The van der Waals surface area contributed by atoms with Gasteiger partial charge in [0.05, 0.1) is 28.0 Å². The van der Waals surface area contributed by atoms with Crippen LogP contribution < -0.4 is 4.90 Å². The van der Waals surface area contributed by atoms with E-state index in [4.69, 9.17) is 16.9 Å². The van der Waals surface area contributed by atoms with Gasteiger partial charge in [0.15, 0.2) is 9.84 Å². The molecule has 0 fully saturated rings. The van der Waals surface area contributed by atoms with Crippen molar-refractivity contribution in [2.45, 2.75) is 17.1 Å². The molecule has 1 aliphatic heterocycles. The molecule has 29 heavy (non-hydrogen) atoms. The smallest absolute Gasteiger partial charge is 0.268 e. The van der Waals surface area contributed by atoms with Crippen molar-refractivity contribution in [2.75, 3.05) is 11.4 Å². The number of nitriles is 1. The molecule has 8 heteroatoms. The number of rotatable bonds is 4. The summed E-state index contributed by atoms with van der Waals surface area (Å²) >= 11 is 7.26. The molecular weight excluding hydrogens is 428 g/mol. The monoisotopic (exact) mass is 442 g/mol. The molecule has 0 aliphatic carbocycles. The minimum Gasteiger partial charge on any atom is -0.307 e. The first-order valence-corrected chi connectivity index (χ1v) is 11.6. The predicted octanol–water partition coefficient (Wildman–Crippen LogP) is 4.92. The Labute approximate surface area is 177 Å². The Morgan fingerprint density at radius 3 is 2.66 bits per heavy atom. The van der Waals surface area contributed by atoms with Crippen LogP contribution in [0.25, 0.3) is 10.4 Å². The van der Waals surface area contributed by atoms with Gasteiger partial charge in [0.25, 0.3) is 5.91 Å². The summed E-state index contributed by atoms with van der Waals surface area (Å²) in [7, 11) is -3.52. The van der Waals surface area contributed by atoms with Gasteiger partial charge in [-0.05, 0) is 35.9 Å². The molecule has 2 heterocycles. The van der Waals surface area contributed by atoms with Crippen molar-refractivity contribution in [3.05, 3.63) is 70.1 Å². The molecule has 1 amide bonds. The van der Waals surface area contributed by atoms with E-state index in [0.717, 1.165) is 4.88 Å². The molecule has 0 N–H and O–H groups in total. The average molecular weight is 443 g/mol. The van der Waals surface area contributed by atoms with Gasteiger partial charge in [-0.25, -0.2) is 8.42 Å². The van der Waals surface area contributed by atoms with Crippen LogP contribution in [0.15, 0.2) is 59.5 Å². The Bertz CT molecular complexity index is 1240. The summed E-state index contributed by atoms with van der Waals surface area (Å²) in [5, 5.41) is 9.33. The normalized spacial score (nSPS) is 13.8. The molecule has 0 atom stereocenters. The van der Waals surface area contributed by atoms with E-state index < -0.39 is 9.84 Å². The molecule has 0 saturated carbocycles. The second-order valence-electron chi connectivity index (χ2n) is 6.57. The topological polar surface area (TPSA) is 78.2 Å². The van der Waals surface area contributed by atoms with Gasteiger partial charge >= 0.3 is 0 Å². The third-order valence-electron chi connectivity index (χ3n) is 4.65. The molecule has 2 aromatic carbocycles. The number of anilines is 1. The molecule has 1 aromatic heterocycles. The Morgan fingerprint density at radius 1 is 1.17 bits per heavy atom. The number of fused-ring (bicyclic) bond motifs is 3. The number of carbonyl (C=O) groups is 1. The van der Waals surface area contributed by atoms with Crippen molar-refractivity contribution in [3.63, 3.8) is 0 Å². The van der Waals surface area contributed by atoms with Crippen LogP contribution >= 0.6 is 22.9 Å². The predicted molar refractivity (Wildman–Crippen MR) is 114 cm³/mol. The maximum Gasteiger partial charge on any atom is 0.268 e. The van der Waals surface area contributed by atoms with Gasteiger partial charge in [-0.3, -0.25) is 4.79 Å². The molecule has 3 aromatic rings. The zero-order valence-electron chi connectivity index (χ0n) is 15.1. The van der Waals surface area contributed by atoms with Gasteiger partial charge in [0, 0.05) is 27.7 Å². The largest absolute Gasteiger partial charge is 0.307 e. The number of halogens is 1. The van der Waals surface area contributed by atoms with Crippen molar-refractivity contribution in [3.8, 4) is 16.5 Å². The third-order valence-corrected chi connectivity index (χ3v) is 7.78. The van der Waals surface area contributed by atoms with E-state index in [9.17, 15) is 13.2 Å². The van der Waals surface area contributed by atoms with E-state index >= 15 is 0 Å². The SMILES string of the molecule is N#CCCN(C(=O)c1cc2c(s1)-c1ccc(Cl)cc1S(=O)(=O)C2)c1ccccc1. The number of benzene rings is 2. The van der Waals surface area contributed by atoms with Gasteiger partial charge in [0.1, 0.15) is 0 Å². The number of sulfone groups is 1. The molecule has 0 saturated heterocycles. The zero-order chi connectivity index (χ0) is 20.6. The number of nitrogens with zero attached hydrogens (tertiary/aromatic N) is 2. The van der Waals surface area contributed by atoms with Crippen LogP contribution in [0.5, 0.6) is 0 Å². The highest BCUT2D eigenvalue weighted by molar-refractivity contribution is 7.91. The molecule has 5 nitrogen and oxygen atoms in total. The number of para-hydroxylation sites is 1. The fourth-order valence-corrected chi connectivity index (χ4v) is 6.51. The lowest BCUT2D eigenvalue weighted by atomic mass is 10.1. The lowest BCUT2D eigenvalue weighted by Crippen LogP contribution is -2.31. The first kappa shape index (κ1) is 19.6. The highest BCUT2D eigenvalue weighted by Crippen LogP contribution is 2.44. The minimum atomic E-state index is -3.52. The first-order valence-electron chi connectivity index (χ1n) is 8.80. The van der Waals surface area contributed by atoms with Crippen LogP contribution in [0.3, 0.4) is 0 Å². The molecule has 4 rings (SSSR count). The van der Waals surface area contributed by atoms with Crippen LogP contribution in [-0.2, 0) is 15.6 Å². The molecule has 146 valence electrons. The summed E-state index contributed by atoms with van der Waals surface area (Å²) in [5.41, 5.74) is 1.88. The minimum absolute atomic E-state index is 0.164. The second kappa shape index (κ2) is 7.64. The standard InChI is InChI=1S/C21H15ClN2O3S2/c22-15-7-8-17-19(12-15)29(26,27)13-14-11-18(28-20(14)17)21(25)24(10-4-9-23)16-5-2-1-3-6-16/h1-3,5-8,11-12H,4,10,13H2. The number of hydrogen-bond donors (Lipinski definition) is 0. The lowest BCUT2D eigenvalue weighted by molar-refractivity contribution is 0.0991. The van der Waals surface area contributed by atoms with E-state index in [0.29, 0.717) is 26.7 Å². The summed E-state index contributed by atoms with van der Waals surface area (Å²) in [6.07, 6.45) is 0.196. The number of carbonyl (C=O) groups excluding carboxylic acids is 1. The van der Waals surface area contributed by atoms with Crippen molar-refractivity contribution in [1.82, 2.24) is 0 Å². The van der Waals surface area contributed by atoms with Crippen molar-refractivity contribution in [1.29, 1.82) is 5.26 Å². The fraction of sp³-hybridized carbons (Fsp3) is 0.143. The summed E-state index contributed by atoms with van der Waals surface area (Å²) in [5.74, 6) is -0.415. The van der Waals surface area contributed by atoms with Crippen LogP contribution in [-0.4, -0.2) is 20.9 Å². The maximum absolute atomic E-state index is 13.3. The third kappa shape index (κ3) is 3.67. The highest BCUT2D eigenvalue weighted by Gasteiger charge is 2.32. The highest BCUT2D eigenvalue weighted by atomic mass is 35.5. The Kier molecular flexibility index (Phi) is 5.17. The number of thiophene rings is 1. The zero-order valence-corrected chi connectivity index (χ0v) is 17.5. The van der Waals surface area contributed by atoms with Crippen LogP contribution in [0.1, 0.15) is 21.7 Å². The summed E-state index contributed by atoms with van der Waals surface area (Å²) < 4.78 is 25.4. The Morgan fingerprint density at radius 2 is 1.93 bits per heavy atom. The van der Waals surface area contributed by atoms with Crippen LogP contribution in [0, 0.1) is 11.3 Å². The molecular formula is C21H15ClN2O3S2. The van der Waals surface area contributed by atoms with Crippen LogP contribution in [0.2, 0.25) is 5.02 Å². The molecule has 0 unspecified atom stereocenters. The molecule has 0 radical (unpaired) electrons. The van der Waals surface area contributed by atoms with Crippen molar-refractivity contribution < 1.29 is 13.2 Å². The maximum atomic E-state index is 13.3. The molecule has 1 aliphatic rings. The quantitative estimate of drug-likeness (QED) is 0.574. The average Bonchev–Trinajstić information content (AvgIpc) is 3.12. The van der Waals surface area contributed by atoms with Gasteiger partial charge in [-0.15, -0.1) is 11.3 Å². The molecule has 0 spiro atoms. The number of amides is 1. The van der Waals surface area contributed by atoms with E-state index in [-0.39, 0.29) is 29.5 Å². The van der Waals surface area contributed by atoms with Gasteiger partial charge in [-0.1, -0.05) is 35.9 Å². The lowest BCUT2D eigenvalue weighted by Gasteiger charge is -2.21. The van der Waals surface area contributed by atoms with Gasteiger partial charge < -0.3 is 4.90 Å². The second-order valence-corrected chi connectivity index (χ2v) is 10.0. The van der Waals surface area contributed by atoms with Gasteiger partial charge in [0.2, 0.25) is 0 Å². The first-order chi connectivity index (χ1) is 13.9. The van der Waals surface area contributed by atoms with Gasteiger partial charge in [-0.2, -0.15) is 5.26 Å². The fourth-order valence-electron chi connectivity index (χ4n) is 3.34. The molecule has 0 bridgehead atoms. The Hall–Kier alpha value is -2.66. The summed E-state index contributed by atoms with van der Waals surface area (Å²) in [6, 6.07) is 17.6. The number of hydrogen-bond acceptors (Lipinski definition) is 5. The van der Waals surface area contributed by atoms with E-state index in [2.05, 4.69) is 6.07 Å². The van der Waals surface area contributed by atoms with E-state index in [1.165, 1.54) is 17.4 Å². The summed E-state index contributed by atoms with van der Waals surface area (Å²) in [6.45, 7) is 0.256. The van der Waals surface area contributed by atoms with E-state index in [1.54, 1.807) is 23.1 Å². The summed E-state index contributed by atoms with van der Waals surface area (Å²) in [4.78, 5) is 16.2. The van der Waals surface area contributed by atoms with Crippen molar-refractivity contribution >= 4 is 44.4 Å². The Balaban J connectivity index is 1.77. The van der Waals surface area contributed by atoms with E-state index in [1.807, 2.05) is 30.3 Å². The van der Waals surface area contributed by atoms with Crippen molar-refractivity contribution in [2.24, 2.45) is 0 Å².